The Bertz CT molecular complexity index is 167. The maximum Gasteiger partial charge on any atom is 0.0661 e. The first-order valence-electron chi connectivity index (χ1n) is 5.61. The summed E-state index contributed by atoms with van der Waals surface area (Å²) in [5, 5.41) is 0. The Balaban J connectivity index is 2.75. The Morgan fingerprint density at radius 2 is 1.93 bits per heavy atom. The lowest BCUT2D eigenvalue weighted by atomic mass is 9.85. The number of methoxy groups -OCH3 is 1. The maximum atomic E-state index is 5.95. The minimum atomic E-state index is 0.0608. The molecule has 1 rings (SSSR count). The predicted molar refractivity (Wildman–Crippen MR) is 59.3 cm³/mol. The van der Waals surface area contributed by atoms with Gasteiger partial charge in [-0.25, -0.2) is 0 Å². The fraction of sp³-hybridized carbons (Fsp3) is 1.00. The number of hydrogen-bond acceptors (Lipinski definition) is 3. The molecular weight excluding hydrogens is 176 g/mol. The van der Waals surface area contributed by atoms with E-state index in [1.807, 2.05) is 0 Å². The molecule has 0 spiro atoms. The molecule has 0 aromatic rings. The van der Waals surface area contributed by atoms with Crippen LogP contribution in [0.2, 0.25) is 0 Å². The van der Waals surface area contributed by atoms with Crippen LogP contribution in [0.1, 0.15) is 26.7 Å². The van der Waals surface area contributed by atoms with Gasteiger partial charge in [0.15, 0.2) is 0 Å². The van der Waals surface area contributed by atoms with Gasteiger partial charge in [-0.2, -0.15) is 0 Å². The lowest BCUT2D eigenvalue weighted by Gasteiger charge is -2.44. The van der Waals surface area contributed by atoms with Crippen LogP contribution in [-0.4, -0.2) is 43.8 Å². The fourth-order valence-electron chi connectivity index (χ4n) is 2.46. The Labute approximate surface area is 87.6 Å². The highest BCUT2D eigenvalue weighted by atomic mass is 16.5. The van der Waals surface area contributed by atoms with Crippen molar-refractivity contribution < 1.29 is 4.74 Å². The van der Waals surface area contributed by atoms with Crippen molar-refractivity contribution in [1.82, 2.24) is 4.90 Å². The molecule has 1 fully saturated rings. The summed E-state index contributed by atoms with van der Waals surface area (Å²) in [5.41, 5.74) is 6.01. The number of nitrogens with zero attached hydrogens (tertiary/aromatic N) is 1. The highest BCUT2D eigenvalue weighted by molar-refractivity contribution is 4.96. The van der Waals surface area contributed by atoms with Crippen LogP contribution in [0.3, 0.4) is 0 Å². The number of ether oxygens (including phenoxy) is 1. The molecule has 1 aliphatic rings. The van der Waals surface area contributed by atoms with Gasteiger partial charge < -0.3 is 10.5 Å². The van der Waals surface area contributed by atoms with Gasteiger partial charge in [-0.15, -0.1) is 0 Å². The van der Waals surface area contributed by atoms with E-state index >= 15 is 0 Å². The van der Waals surface area contributed by atoms with Crippen molar-refractivity contribution >= 4 is 0 Å². The summed E-state index contributed by atoms with van der Waals surface area (Å²) < 4.78 is 5.35. The summed E-state index contributed by atoms with van der Waals surface area (Å²) in [6.07, 6.45) is 2.61. The molecule has 0 aromatic heterocycles. The summed E-state index contributed by atoms with van der Waals surface area (Å²) in [6, 6.07) is 0. The zero-order valence-electron chi connectivity index (χ0n) is 9.75. The van der Waals surface area contributed by atoms with E-state index in [1.54, 1.807) is 7.11 Å². The molecule has 0 bridgehead atoms. The van der Waals surface area contributed by atoms with Crippen LogP contribution in [0.15, 0.2) is 0 Å². The van der Waals surface area contributed by atoms with Gasteiger partial charge in [-0.05, 0) is 31.8 Å². The first-order chi connectivity index (χ1) is 6.67. The van der Waals surface area contributed by atoms with Crippen molar-refractivity contribution in [2.24, 2.45) is 11.7 Å². The van der Waals surface area contributed by atoms with Gasteiger partial charge >= 0.3 is 0 Å². The van der Waals surface area contributed by atoms with E-state index in [4.69, 9.17) is 10.5 Å². The highest BCUT2D eigenvalue weighted by Crippen LogP contribution is 2.28. The molecule has 1 saturated heterocycles. The number of hydrogen-bond donors (Lipinski definition) is 1. The second-order valence-corrected chi connectivity index (χ2v) is 4.59. The number of likely N-dealkylation sites (tertiary alicyclic amines) is 1. The van der Waals surface area contributed by atoms with E-state index in [0.717, 1.165) is 6.61 Å². The van der Waals surface area contributed by atoms with E-state index in [0.29, 0.717) is 12.5 Å². The molecular formula is C11H24N2O. The second-order valence-electron chi connectivity index (χ2n) is 4.59. The normalized spacial score (nSPS) is 22.9. The minimum Gasteiger partial charge on any atom is -0.383 e. The quantitative estimate of drug-likeness (QED) is 0.722. The maximum absolute atomic E-state index is 5.95. The highest BCUT2D eigenvalue weighted by Gasteiger charge is 2.39. The molecule has 3 nitrogen and oxygen atoms in total. The molecule has 0 radical (unpaired) electrons. The Hall–Kier alpha value is -0.120. The zero-order chi connectivity index (χ0) is 10.6. The van der Waals surface area contributed by atoms with Crippen LogP contribution in [-0.2, 0) is 4.74 Å². The largest absolute Gasteiger partial charge is 0.383 e. The van der Waals surface area contributed by atoms with Crippen LogP contribution in [0, 0.1) is 5.92 Å². The Morgan fingerprint density at radius 3 is 2.29 bits per heavy atom. The first kappa shape index (κ1) is 12.0. The Kier molecular flexibility index (Phi) is 4.35. The SMILES string of the molecule is COCC(CN)(C(C)C)N1CCCC1. The lowest BCUT2D eigenvalue weighted by molar-refractivity contribution is -0.00254. The van der Waals surface area contributed by atoms with Crippen molar-refractivity contribution in [3.05, 3.63) is 0 Å². The monoisotopic (exact) mass is 200 g/mol. The molecule has 0 amide bonds. The van der Waals surface area contributed by atoms with Crippen molar-refractivity contribution in [3.63, 3.8) is 0 Å². The average Bonchev–Trinajstić information content (AvgIpc) is 2.66. The molecule has 0 aliphatic carbocycles. The van der Waals surface area contributed by atoms with E-state index in [-0.39, 0.29) is 5.54 Å². The predicted octanol–water partition coefficient (Wildman–Crippen LogP) is 1.08. The van der Waals surface area contributed by atoms with Crippen molar-refractivity contribution in [3.8, 4) is 0 Å². The van der Waals surface area contributed by atoms with E-state index in [9.17, 15) is 0 Å². The van der Waals surface area contributed by atoms with Crippen molar-refractivity contribution in [1.29, 1.82) is 0 Å². The first-order valence-corrected chi connectivity index (χ1v) is 5.61. The van der Waals surface area contributed by atoms with Crippen LogP contribution < -0.4 is 5.73 Å². The van der Waals surface area contributed by atoms with Gasteiger partial charge in [0.25, 0.3) is 0 Å². The molecule has 0 aromatic carbocycles. The third-order valence-corrected chi connectivity index (χ3v) is 3.56. The molecule has 0 saturated carbocycles. The summed E-state index contributed by atoms with van der Waals surface area (Å²) in [6.45, 7) is 8.28. The second kappa shape index (κ2) is 5.10. The fourth-order valence-corrected chi connectivity index (χ4v) is 2.46. The minimum absolute atomic E-state index is 0.0608. The summed E-state index contributed by atoms with van der Waals surface area (Å²) >= 11 is 0. The third kappa shape index (κ3) is 2.10. The summed E-state index contributed by atoms with van der Waals surface area (Å²) in [4.78, 5) is 2.52. The van der Waals surface area contributed by atoms with Crippen LogP contribution in [0.5, 0.6) is 0 Å². The molecule has 2 N–H and O–H groups in total. The van der Waals surface area contributed by atoms with Gasteiger partial charge in [-0.1, -0.05) is 13.8 Å². The smallest absolute Gasteiger partial charge is 0.0661 e. The molecule has 1 heterocycles. The van der Waals surface area contributed by atoms with Gasteiger partial charge in [0.1, 0.15) is 0 Å². The van der Waals surface area contributed by atoms with Gasteiger partial charge in [0, 0.05) is 13.7 Å². The molecule has 84 valence electrons. The summed E-state index contributed by atoms with van der Waals surface area (Å²) in [5.74, 6) is 0.547. The van der Waals surface area contributed by atoms with Crippen LogP contribution in [0.25, 0.3) is 0 Å². The molecule has 1 aliphatic heterocycles. The van der Waals surface area contributed by atoms with E-state index < -0.39 is 0 Å². The lowest BCUT2D eigenvalue weighted by Crippen LogP contribution is -2.59. The zero-order valence-corrected chi connectivity index (χ0v) is 9.75. The van der Waals surface area contributed by atoms with Gasteiger partial charge in [-0.3, -0.25) is 4.90 Å². The molecule has 1 atom stereocenters. The van der Waals surface area contributed by atoms with Gasteiger partial charge in [0.2, 0.25) is 0 Å². The molecule has 1 unspecified atom stereocenters. The summed E-state index contributed by atoms with van der Waals surface area (Å²) in [7, 11) is 1.77. The van der Waals surface area contributed by atoms with E-state index in [1.165, 1.54) is 25.9 Å². The standard InChI is InChI=1S/C11H24N2O/c1-10(2)11(8-12,9-14-3)13-6-4-5-7-13/h10H,4-9,12H2,1-3H3. The van der Waals surface area contributed by atoms with E-state index in [2.05, 4.69) is 18.7 Å². The van der Waals surface area contributed by atoms with Crippen LogP contribution >= 0.6 is 0 Å². The van der Waals surface area contributed by atoms with Crippen LogP contribution in [0.4, 0.5) is 0 Å². The Morgan fingerprint density at radius 1 is 1.36 bits per heavy atom. The number of rotatable bonds is 5. The van der Waals surface area contributed by atoms with Crippen molar-refractivity contribution in [2.75, 3.05) is 33.4 Å². The van der Waals surface area contributed by atoms with Gasteiger partial charge in [0.05, 0.1) is 12.1 Å². The van der Waals surface area contributed by atoms with Crippen molar-refractivity contribution in [2.45, 2.75) is 32.2 Å². The molecule has 3 heteroatoms. The number of nitrogens with two attached hydrogens (primary N) is 1. The molecule has 14 heavy (non-hydrogen) atoms. The average molecular weight is 200 g/mol. The third-order valence-electron chi connectivity index (χ3n) is 3.56. The topological polar surface area (TPSA) is 38.5 Å².